The topological polar surface area (TPSA) is 69.4 Å². The number of halogens is 1. The minimum absolute atomic E-state index is 0.0239. The first-order chi connectivity index (χ1) is 11.2. The number of hydrogen-bond acceptors (Lipinski definition) is 4. The van der Waals surface area contributed by atoms with Crippen LogP contribution in [0.2, 0.25) is 0 Å². The quantitative estimate of drug-likeness (QED) is 0.464. The van der Waals surface area contributed by atoms with Crippen molar-refractivity contribution in [2.75, 3.05) is 11.9 Å². The molecule has 2 aromatic carbocycles. The number of hydrazone groups is 1. The molecule has 0 aliphatic heterocycles. The number of hydrogen-bond donors (Lipinski definition) is 2. The summed E-state index contributed by atoms with van der Waals surface area (Å²) in [6.45, 7) is -0.0239. The zero-order valence-corrected chi connectivity index (χ0v) is 14.4. The van der Waals surface area contributed by atoms with Gasteiger partial charge in [-0.3, -0.25) is 5.43 Å². The predicted molar refractivity (Wildman–Crippen MR) is 98.6 cm³/mol. The molecular formula is C16H13BrN4OS. The van der Waals surface area contributed by atoms with Crippen molar-refractivity contribution in [2.24, 2.45) is 5.10 Å². The van der Waals surface area contributed by atoms with E-state index < -0.39 is 0 Å². The van der Waals surface area contributed by atoms with Gasteiger partial charge in [0.2, 0.25) is 0 Å². The molecule has 0 saturated heterocycles. The van der Waals surface area contributed by atoms with Gasteiger partial charge >= 0.3 is 0 Å². The highest BCUT2D eigenvalue weighted by molar-refractivity contribution is 9.10. The lowest BCUT2D eigenvalue weighted by atomic mass is 10.2. The Hall–Kier alpha value is -2.43. The largest absolute Gasteiger partial charge is 0.478 e. The normalized spacial score (nSPS) is 10.1. The van der Waals surface area contributed by atoms with E-state index in [9.17, 15) is 0 Å². The first-order valence-electron chi connectivity index (χ1n) is 6.63. The number of thiocarbonyl (C=S) groups is 1. The van der Waals surface area contributed by atoms with E-state index >= 15 is 0 Å². The Morgan fingerprint density at radius 3 is 2.83 bits per heavy atom. The number of nitrogens with zero attached hydrogens (tertiary/aromatic N) is 2. The Bertz CT molecular complexity index is 743. The minimum atomic E-state index is -0.0239. The van der Waals surface area contributed by atoms with Crippen LogP contribution >= 0.6 is 28.1 Å². The molecule has 0 amide bonds. The molecule has 116 valence electrons. The van der Waals surface area contributed by atoms with Crippen LogP contribution < -0.4 is 15.5 Å². The Kier molecular flexibility index (Phi) is 6.54. The van der Waals surface area contributed by atoms with Crippen molar-refractivity contribution in [3.8, 4) is 11.8 Å². The minimum Gasteiger partial charge on any atom is -0.478 e. The second-order valence-electron chi connectivity index (χ2n) is 4.32. The second kappa shape index (κ2) is 8.88. The Labute approximate surface area is 148 Å². The summed E-state index contributed by atoms with van der Waals surface area (Å²) in [4.78, 5) is 0. The molecule has 0 aromatic heterocycles. The third-order valence-corrected chi connectivity index (χ3v) is 3.35. The average molecular weight is 389 g/mol. The van der Waals surface area contributed by atoms with E-state index in [1.807, 2.05) is 48.5 Å². The number of nitriles is 1. The molecule has 7 heteroatoms. The molecule has 5 nitrogen and oxygen atoms in total. The standard InChI is InChI=1S/C16H13BrN4OS/c17-13-6-7-15(22-9-8-18)12(10-13)11-19-21-16(23)20-14-4-2-1-3-5-14/h1-7,10-11H,9H2,(H2,20,21,23)/b19-11+. The maximum Gasteiger partial charge on any atom is 0.191 e. The maximum atomic E-state index is 8.61. The smallest absolute Gasteiger partial charge is 0.191 e. The third kappa shape index (κ3) is 5.70. The lowest BCUT2D eigenvalue weighted by Gasteiger charge is -2.08. The van der Waals surface area contributed by atoms with Gasteiger partial charge in [0.15, 0.2) is 11.7 Å². The SMILES string of the molecule is N#CCOc1ccc(Br)cc1/C=N/NC(=S)Nc1ccccc1. The van der Waals surface area contributed by atoms with E-state index in [0.717, 1.165) is 15.7 Å². The van der Waals surface area contributed by atoms with E-state index in [0.29, 0.717) is 10.9 Å². The van der Waals surface area contributed by atoms with Crippen LogP contribution in [0.15, 0.2) is 58.1 Å². The van der Waals surface area contributed by atoms with Gasteiger partial charge in [0.05, 0.1) is 6.21 Å². The summed E-state index contributed by atoms with van der Waals surface area (Å²) in [5.41, 5.74) is 4.34. The highest BCUT2D eigenvalue weighted by Gasteiger charge is 2.02. The van der Waals surface area contributed by atoms with E-state index in [1.54, 1.807) is 12.3 Å². The van der Waals surface area contributed by atoms with Crippen LogP contribution in [0, 0.1) is 11.3 Å². The van der Waals surface area contributed by atoms with Gasteiger partial charge in [0, 0.05) is 15.7 Å². The summed E-state index contributed by atoms with van der Waals surface area (Å²) in [6, 6.07) is 16.9. The second-order valence-corrected chi connectivity index (χ2v) is 5.64. The first kappa shape index (κ1) is 16.9. The monoisotopic (exact) mass is 388 g/mol. The molecule has 2 rings (SSSR count). The molecular weight excluding hydrogens is 376 g/mol. The van der Waals surface area contributed by atoms with Crippen molar-refractivity contribution in [3.63, 3.8) is 0 Å². The van der Waals surface area contributed by atoms with Gasteiger partial charge in [-0.15, -0.1) is 0 Å². The molecule has 2 N–H and O–H groups in total. The van der Waals surface area contributed by atoms with Crippen molar-refractivity contribution in [1.82, 2.24) is 5.43 Å². The fourth-order valence-electron chi connectivity index (χ4n) is 1.70. The molecule has 0 saturated carbocycles. The number of anilines is 1. The number of nitrogens with one attached hydrogen (secondary N) is 2. The molecule has 0 radical (unpaired) electrons. The van der Waals surface area contributed by atoms with E-state index in [2.05, 4.69) is 31.8 Å². The summed E-state index contributed by atoms with van der Waals surface area (Å²) < 4.78 is 6.23. The lowest BCUT2D eigenvalue weighted by molar-refractivity contribution is 0.367. The summed E-state index contributed by atoms with van der Waals surface area (Å²) in [5.74, 6) is 0.572. The van der Waals surface area contributed by atoms with Crippen LogP contribution in [0.4, 0.5) is 5.69 Å². The van der Waals surface area contributed by atoms with Crippen molar-refractivity contribution in [1.29, 1.82) is 5.26 Å². The van der Waals surface area contributed by atoms with E-state index in [1.165, 1.54) is 0 Å². The summed E-state index contributed by atoms with van der Waals surface area (Å²) in [5, 5.41) is 16.1. The fourth-order valence-corrected chi connectivity index (χ4v) is 2.25. The van der Waals surface area contributed by atoms with Crippen molar-refractivity contribution in [2.45, 2.75) is 0 Å². The zero-order valence-electron chi connectivity index (χ0n) is 12.0. The van der Waals surface area contributed by atoms with Crippen molar-refractivity contribution >= 4 is 45.2 Å². The maximum absolute atomic E-state index is 8.61. The van der Waals surface area contributed by atoms with Gasteiger partial charge in [0.25, 0.3) is 0 Å². The van der Waals surface area contributed by atoms with Gasteiger partial charge in [0.1, 0.15) is 11.8 Å². The summed E-state index contributed by atoms with van der Waals surface area (Å²) in [7, 11) is 0. The average Bonchev–Trinajstić information content (AvgIpc) is 2.55. The number of ether oxygens (including phenoxy) is 1. The molecule has 2 aromatic rings. The Morgan fingerprint density at radius 2 is 2.09 bits per heavy atom. The highest BCUT2D eigenvalue weighted by atomic mass is 79.9. The van der Waals surface area contributed by atoms with Gasteiger partial charge < -0.3 is 10.1 Å². The molecule has 0 aliphatic rings. The van der Waals surface area contributed by atoms with Crippen molar-refractivity contribution < 1.29 is 4.74 Å². The Morgan fingerprint density at radius 1 is 1.30 bits per heavy atom. The Balaban J connectivity index is 1.98. The molecule has 0 unspecified atom stereocenters. The van der Waals surface area contributed by atoms with Gasteiger partial charge in [-0.05, 0) is 42.5 Å². The summed E-state index contributed by atoms with van der Waals surface area (Å²) >= 11 is 8.55. The van der Waals surface area contributed by atoms with Gasteiger partial charge in [-0.25, -0.2) is 0 Å². The molecule has 0 spiro atoms. The van der Waals surface area contributed by atoms with Gasteiger partial charge in [-0.2, -0.15) is 10.4 Å². The van der Waals surface area contributed by atoms with Crippen LogP contribution in [-0.4, -0.2) is 17.9 Å². The molecule has 0 atom stereocenters. The molecule has 0 heterocycles. The first-order valence-corrected chi connectivity index (χ1v) is 7.83. The molecule has 0 fully saturated rings. The molecule has 0 bridgehead atoms. The number of rotatable bonds is 5. The number of para-hydroxylation sites is 1. The lowest BCUT2D eigenvalue weighted by Crippen LogP contribution is -2.23. The molecule has 0 aliphatic carbocycles. The van der Waals surface area contributed by atoms with Crippen LogP contribution in [0.3, 0.4) is 0 Å². The number of benzene rings is 2. The van der Waals surface area contributed by atoms with Crippen LogP contribution in [0.1, 0.15) is 5.56 Å². The van der Waals surface area contributed by atoms with Crippen LogP contribution in [-0.2, 0) is 0 Å². The van der Waals surface area contributed by atoms with E-state index in [4.69, 9.17) is 22.2 Å². The van der Waals surface area contributed by atoms with Gasteiger partial charge in [-0.1, -0.05) is 34.1 Å². The van der Waals surface area contributed by atoms with E-state index in [-0.39, 0.29) is 6.61 Å². The predicted octanol–water partition coefficient (Wildman–Crippen LogP) is 3.67. The zero-order chi connectivity index (χ0) is 16.5. The highest BCUT2D eigenvalue weighted by Crippen LogP contribution is 2.21. The fraction of sp³-hybridized carbons (Fsp3) is 0.0625. The third-order valence-electron chi connectivity index (χ3n) is 2.67. The van der Waals surface area contributed by atoms with Crippen LogP contribution in [0.5, 0.6) is 5.75 Å². The summed E-state index contributed by atoms with van der Waals surface area (Å²) in [6.07, 6.45) is 1.58. The van der Waals surface area contributed by atoms with Crippen LogP contribution in [0.25, 0.3) is 0 Å². The molecule has 23 heavy (non-hydrogen) atoms. The van der Waals surface area contributed by atoms with Crippen molar-refractivity contribution in [3.05, 3.63) is 58.6 Å².